The van der Waals surface area contributed by atoms with Gasteiger partial charge in [-0.3, -0.25) is 5.32 Å². The Morgan fingerprint density at radius 3 is 2.70 bits per heavy atom. The number of cyclic esters (lactones) is 1. The fourth-order valence-corrected chi connectivity index (χ4v) is 4.22. The van der Waals surface area contributed by atoms with Crippen LogP contribution in [0.3, 0.4) is 0 Å². The third kappa shape index (κ3) is 5.76. The van der Waals surface area contributed by atoms with Crippen molar-refractivity contribution in [2.45, 2.75) is 6.42 Å². The van der Waals surface area contributed by atoms with E-state index in [1.807, 2.05) is 30.3 Å². The minimum atomic E-state index is -0.348. The monoisotopic (exact) mass is 469 g/mol. The van der Waals surface area contributed by atoms with Gasteiger partial charge in [-0.2, -0.15) is 0 Å². The maximum atomic E-state index is 12.3. The molecule has 2 aliphatic heterocycles. The van der Waals surface area contributed by atoms with Gasteiger partial charge >= 0.3 is 12.1 Å². The summed E-state index contributed by atoms with van der Waals surface area (Å²) in [5.74, 6) is 0.439. The number of alkyl carbamates (subject to hydrolysis) is 1. The van der Waals surface area contributed by atoms with Gasteiger partial charge in [0.05, 0.1) is 31.6 Å². The molecule has 0 aliphatic carbocycles. The Morgan fingerprint density at radius 1 is 1.21 bits per heavy atom. The van der Waals surface area contributed by atoms with Crippen molar-refractivity contribution in [1.29, 1.82) is 0 Å². The summed E-state index contributed by atoms with van der Waals surface area (Å²) >= 11 is 1.40. The number of amides is 3. The van der Waals surface area contributed by atoms with Gasteiger partial charge in [0.1, 0.15) is 12.1 Å². The van der Waals surface area contributed by atoms with E-state index in [1.54, 1.807) is 13.3 Å². The molecule has 0 atom stereocenters. The maximum Gasteiger partial charge on any atom is 0.407 e. The number of nitrogens with zero attached hydrogens (tertiary/aromatic N) is 2. The van der Waals surface area contributed by atoms with Gasteiger partial charge in [-0.05, 0) is 24.1 Å². The van der Waals surface area contributed by atoms with Crippen LogP contribution in [-0.2, 0) is 9.47 Å². The zero-order valence-corrected chi connectivity index (χ0v) is 18.7. The molecule has 172 valence electrons. The first-order valence-corrected chi connectivity index (χ1v) is 11.1. The van der Waals surface area contributed by atoms with Gasteiger partial charge in [-0.1, -0.05) is 35.6 Å². The number of anilines is 2. The van der Waals surface area contributed by atoms with E-state index >= 15 is 0 Å². The molecule has 0 radical (unpaired) electrons. The molecule has 0 spiro atoms. The summed E-state index contributed by atoms with van der Waals surface area (Å²) in [6.45, 7) is 2.46. The first-order chi connectivity index (χ1) is 16.1. The largest absolute Gasteiger partial charge is 0.479 e. The standard InChI is InChI=1S/C19H18N4O3S.C3H5NO2/c1-25-17-15-16(14(11-20-17)12-7-9-26-10-8-12)27-19(22-15)23-18(24)21-13-5-3-2-4-6-13;5-3-4-1-2-6-3/h2-7,11H,8-10H2,1H3,(H2,21,22,23,24);1-2H2,(H,4,5). The van der Waals surface area contributed by atoms with Crippen molar-refractivity contribution < 1.29 is 23.8 Å². The van der Waals surface area contributed by atoms with E-state index in [9.17, 15) is 9.59 Å². The number of pyridine rings is 1. The number of rotatable bonds is 4. The number of fused-ring (bicyclic) bond motifs is 1. The minimum Gasteiger partial charge on any atom is -0.479 e. The van der Waals surface area contributed by atoms with E-state index < -0.39 is 0 Å². The molecule has 33 heavy (non-hydrogen) atoms. The number of ether oxygens (including phenoxy) is 3. The van der Waals surface area contributed by atoms with E-state index in [0.29, 0.717) is 48.6 Å². The molecule has 2 aromatic heterocycles. The number of thiazole rings is 1. The molecule has 5 rings (SSSR count). The van der Waals surface area contributed by atoms with Gasteiger partial charge in [0.25, 0.3) is 0 Å². The van der Waals surface area contributed by atoms with Crippen LogP contribution in [-0.4, -0.2) is 55.6 Å². The number of aromatic nitrogens is 2. The van der Waals surface area contributed by atoms with E-state index in [2.05, 4.69) is 36.7 Å². The van der Waals surface area contributed by atoms with Crippen LogP contribution in [0.5, 0.6) is 5.88 Å². The predicted octanol–water partition coefficient (Wildman–Crippen LogP) is 3.87. The van der Waals surface area contributed by atoms with Crippen molar-refractivity contribution >= 4 is 50.1 Å². The summed E-state index contributed by atoms with van der Waals surface area (Å²) in [4.78, 5) is 31.1. The fraction of sp³-hybridized carbons (Fsp3) is 0.273. The number of benzene rings is 1. The highest BCUT2D eigenvalue weighted by Gasteiger charge is 2.19. The van der Waals surface area contributed by atoms with Crippen molar-refractivity contribution in [3.05, 3.63) is 48.2 Å². The van der Waals surface area contributed by atoms with Gasteiger partial charge in [0, 0.05) is 17.4 Å². The molecule has 10 nitrogen and oxygen atoms in total. The lowest BCUT2D eigenvalue weighted by Gasteiger charge is -2.14. The second-order valence-corrected chi connectivity index (χ2v) is 7.94. The minimum absolute atomic E-state index is 0.296. The Bertz CT molecular complexity index is 1160. The molecule has 3 amide bonds. The predicted molar refractivity (Wildman–Crippen MR) is 126 cm³/mol. The van der Waals surface area contributed by atoms with Crippen LogP contribution in [0.2, 0.25) is 0 Å². The Hall–Kier alpha value is -3.70. The molecule has 1 fully saturated rings. The van der Waals surface area contributed by atoms with Gasteiger partial charge in [-0.25, -0.2) is 19.6 Å². The number of urea groups is 1. The van der Waals surface area contributed by atoms with Crippen LogP contribution in [0.1, 0.15) is 12.0 Å². The highest BCUT2D eigenvalue weighted by atomic mass is 32.1. The van der Waals surface area contributed by atoms with Crippen LogP contribution in [0, 0.1) is 0 Å². The number of methoxy groups -OCH3 is 1. The molecule has 3 N–H and O–H groups in total. The van der Waals surface area contributed by atoms with E-state index in [4.69, 9.17) is 9.47 Å². The Labute approximate surface area is 194 Å². The number of nitrogens with one attached hydrogen (secondary N) is 3. The summed E-state index contributed by atoms with van der Waals surface area (Å²) in [6, 6.07) is 8.90. The van der Waals surface area contributed by atoms with Crippen molar-refractivity contribution in [2.75, 3.05) is 44.1 Å². The molecule has 3 aromatic rings. The van der Waals surface area contributed by atoms with Crippen molar-refractivity contribution in [2.24, 2.45) is 0 Å². The van der Waals surface area contributed by atoms with Gasteiger partial charge in [-0.15, -0.1) is 0 Å². The second kappa shape index (κ2) is 10.7. The molecular formula is C22H23N5O5S. The normalized spacial score (nSPS) is 14.9. The smallest absolute Gasteiger partial charge is 0.407 e. The molecule has 0 unspecified atom stereocenters. The zero-order valence-electron chi connectivity index (χ0n) is 17.9. The van der Waals surface area contributed by atoms with Crippen LogP contribution in [0.25, 0.3) is 15.8 Å². The van der Waals surface area contributed by atoms with Crippen LogP contribution in [0.15, 0.2) is 42.6 Å². The number of carbonyl (C=O) groups excluding carboxylic acids is 2. The van der Waals surface area contributed by atoms with E-state index in [1.165, 1.54) is 16.9 Å². The highest BCUT2D eigenvalue weighted by Crippen LogP contribution is 2.37. The SMILES string of the molecule is COc1ncc(C2=CCOCC2)c2sc(NC(=O)Nc3ccccc3)nc12.O=C1NCCO1. The first kappa shape index (κ1) is 22.5. The molecule has 0 saturated carbocycles. The van der Waals surface area contributed by atoms with Crippen LogP contribution in [0.4, 0.5) is 20.4 Å². The summed E-state index contributed by atoms with van der Waals surface area (Å²) in [5.41, 5.74) is 3.53. The summed E-state index contributed by atoms with van der Waals surface area (Å²) in [6.07, 6.45) is 4.37. The number of para-hydroxylation sites is 1. The lowest BCUT2D eigenvalue weighted by molar-refractivity contribution is 0.161. The van der Waals surface area contributed by atoms with Gasteiger partial charge < -0.3 is 24.8 Å². The first-order valence-electron chi connectivity index (χ1n) is 10.3. The summed E-state index contributed by atoms with van der Waals surface area (Å²) < 4.78 is 16.1. The molecule has 2 aliphatic rings. The molecular weight excluding hydrogens is 446 g/mol. The number of hydrogen-bond donors (Lipinski definition) is 3. The van der Waals surface area contributed by atoms with Crippen LogP contribution < -0.4 is 20.7 Å². The van der Waals surface area contributed by atoms with E-state index in [-0.39, 0.29) is 12.1 Å². The van der Waals surface area contributed by atoms with Crippen molar-refractivity contribution in [1.82, 2.24) is 15.3 Å². The molecule has 1 aromatic carbocycles. The molecule has 11 heteroatoms. The second-order valence-electron chi connectivity index (χ2n) is 6.94. The Balaban J connectivity index is 0.000000376. The zero-order chi connectivity index (χ0) is 23.0. The maximum absolute atomic E-state index is 12.3. The lowest BCUT2D eigenvalue weighted by atomic mass is 10.0. The van der Waals surface area contributed by atoms with E-state index in [0.717, 1.165) is 16.7 Å². The van der Waals surface area contributed by atoms with Crippen LogP contribution >= 0.6 is 11.3 Å². The number of hydrogen-bond acceptors (Lipinski definition) is 8. The third-order valence-corrected chi connectivity index (χ3v) is 5.75. The lowest BCUT2D eigenvalue weighted by Crippen LogP contribution is -2.19. The summed E-state index contributed by atoms with van der Waals surface area (Å²) in [7, 11) is 1.56. The molecule has 1 saturated heterocycles. The Kier molecular flexibility index (Phi) is 7.33. The van der Waals surface area contributed by atoms with Crippen molar-refractivity contribution in [3.8, 4) is 5.88 Å². The molecule has 4 heterocycles. The fourth-order valence-electron chi connectivity index (χ4n) is 3.22. The van der Waals surface area contributed by atoms with Crippen molar-refractivity contribution in [3.63, 3.8) is 0 Å². The average Bonchev–Trinajstić information content (AvgIpc) is 3.49. The quantitative estimate of drug-likeness (QED) is 0.530. The highest BCUT2D eigenvalue weighted by molar-refractivity contribution is 7.22. The summed E-state index contributed by atoms with van der Waals surface area (Å²) in [5, 5.41) is 8.52. The third-order valence-electron chi connectivity index (χ3n) is 4.74. The topological polar surface area (TPSA) is 124 Å². The van der Waals surface area contributed by atoms with Gasteiger partial charge in [0.2, 0.25) is 5.88 Å². The Morgan fingerprint density at radius 2 is 2.06 bits per heavy atom. The van der Waals surface area contributed by atoms with Gasteiger partial charge in [0.15, 0.2) is 5.13 Å². The average molecular weight is 470 g/mol. The number of carbonyl (C=O) groups is 2. The molecule has 0 bridgehead atoms.